The van der Waals surface area contributed by atoms with Gasteiger partial charge in [-0.15, -0.1) is 0 Å². The molecule has 0 amide bonds. The highest BCUT2D eigenvalue weighted by atomic mass is 16.5. The molecule has 1 aliphatic rings. The summed E-state index contributed by atoms with van der Waals surface area (Å²) in [4.78, 5) is 4.29. The average molecular weight is 230 g/mol. The molecule has 0 aliphatic carbocycles. The van der Waals surface area contributed by atoms with Gasteiger partial charge < -0.3 is 14.8 Å². The number of fused-ring (bicyclic) bond motifs is 1. The van der Waals surface area contributed by atoms with Gasteiger partial charge in [0, 0.05) is 24.7 Å². The quantitative estimate of drug-likeness (QED) is 0.869. The van der Waals surface area contributed by atoms with Crippen molar-refractivity contribution in [2.45, 2.75) is 6.10 Å². The third kappa shape index (κ3) is 1.91. The van der Waals surface area contributed by atoms with E-state index in [0.29, 0.717) is 5.88 Å². The Kier molecular flexibility index (Phi) is 2.57. The minimum atomic E-state index is 0.246. The zero-order chi connectivity index (χ0) is 11.7. The molecule has 0 atom stereocenters. The summed E-state index contributed by atoms with van der Waals surface area (Å²) in [5.41, 5.74) is 0. The highest BCUT2D eigenvalue weighted by Crippen LogP contribution is 2.27. The molecule has 2 heterocycles. The largest absolute Gasteiger partial charge is 0.497 e. The van der Waals surface area contributed by atoms with Gasteiger partial charge in [0.2, 0.25) is 5.88 Å². The topological polar surface area (TPSA) is 43.4 Å². The van der Waals surface area contributed by atoms with E-state index in [4.69, 9.17) is 9.47 Å². The second-order valence-corrected chi connectivity index (χ2v) is 4.10. The maximum atomic E-state index is 5.82. The lowest BCUT2D eigenvalue weighted by atomic mass is 10.1. The van der Waals surface area contributed by atoms with Crippen molar-refractivity contribution < 1.29 is 9.47 Å². The number of hydrogen-bond donors (Lipinski definition) is 1. The Bertz CT molecular complexity index is 538. The van der Waals surface area contributed by atoms with Crippen LogP contribution in [0, 0.1) is 0 Å². The van der Waals surface area contributed by atoms with Gasteiger partial charge in [-0.25, -0.2) is 4.98 Å². The van der Waals surface area contributed by atoms with E-state index in [9.17, 15) is 0 Å². The number of aromatic nitrogens is 1. The zero-order valence-electron chi connectivity index (χ0n) is 9.64. The molecule has 0 radical (unpaired) electrons. The summed E-state index contributed by atoms with van der Waals surface area (Å²) in [5.74, 6) is 1.55. The zero-order valence-corrected chi connectivity index (χ0v) is 9.64. The van der Waals surface area contributed by atoms with Gasteiger partial charge >= 0.3 is 0 Å². The fourth-order valence-corrected chi connectivity index (χ4v) is 1.85. The van der Waals surface area contributed by atoms with E-state index in [1.54, 1.807) is 13.3 Å². The molecule has 1 aliphatic heterocycles. The smallest absolute Gasteiger partial charge is 0.221 e. The summed E-state index contributed by atoms with van der Waals surface area (Å²) in [6.07, 6.45) is 2.01. The molecule has 0 bridgehead atoms. The summed E-state index contributed by atoms with van der Waals surface area (Å²) < 4.78 is 11.0. The van der Waals surface area contributed by atoms with Crippen LogP contribution in [-0.4, -0.2) is 31.3 Å². The van der Waals surface area contributed by atoms with Crippen LogP contribution >= 0.6 is 0 Å². The van der Waals surface area contributed by atoms with E-state index < -0.39 is 0 Å². The number of benzene rings is 1. The van der Waals surface area contributed by atoms with E-state index >= 15 is 0 Å². The molecule has 4 nitrogen and oxygen atoms in total. The first-order valence-corrected chi connectivity index (χ1v) is 5.67. The van der Waals surface area contributed by atoms with Crippen molar-refractivity contribution >= 4 is 10.8 Å². The second-order valence-electron chi connectivity index (χ2n) is 4.10. The first kappa shape index (κ1) is 10.4. The molecule has 3 rings (SSSR count). The molecule has 1 aromatic heterocycles. The molecule has 0 saturated carbocycles. The van der Waals surface area contributed by atoms with Crippen LogP contribution in [0.3, 0.4) is 0 Å². The first-order chi connectivity index (χ1) is 8.36. The maximum Gasteiger partial charge on any atom is 0.221 e. The summed E-state index contributed by atoms with van der Waals surface area (Å²) in [7, 11) is 1.67. The average Bonchev–Trinajstić information content (AvgIpc) is 2.33. The lowest BCUT2D eigenvalue weighted by Crippen LogP contribution is -2.50. The molecule has 1 N–H and O–H groups in total. The van der Waals surface area contributed by atoms with Gasteiger partial charge in [0.05, 0.1) is 7.11 Å². The van der Waals surface area contributed by atoms with Crippen LogP contribution in [0.25, 0.3) is 10.8 Å². The van der Waals surface area contributed by atoms with Gasteiger partial charge in [-0.3, -0.25) is 0 Å². The Hall–Kier alpha value is -1.81. The van der Waals surface area contributed by atoms with Crippen LogP contribution in [-0.2, 0) is 0 Å². The highest BCUT2D eigenvalue weighted by Gasteiger charge is 2.19. The number of nitrogens with one attached hydrogen (secondary N) is 1. The number of rotatable bonds is 3. The summed E-state index contributed by atoms with van der Waals surface area (Å²) in [6.45, 7) is 1.79. The Morgan fingerprint density at radius 3 is 2.88 bits per heavy atom. The lowest BCUT2D eigenvalue weighted by molar-refractivity contribution is 0.138. The van der Waals surface area contributed by atoms with E-state index in [1.165, 1.54) is 0 Å². The van der Waals surface area contributed by atoms with Crippen molar-refractivity contribution in [1.82, 2.24) is 10.3 Å². The van der Waals surface area contributed by atoms with E-state index in [1.807, 2.05) is 24.3 Å². The van der Waals surface area contributed by atoms with Gasteiger partial charge in [0.15, 0.2) is 0 Å². The Morgan fingerprint density at radius 1 is 1.29 bits per heavy atom. The van der Waals surface area contributed by atoms with Crippen LogP contribution in [0.5, 0.6) is 11.6 Å². The number of pyridine rings is 1. The lowest BCUT2D eigenvalue weighted by Gasteiger charge is -2.27. The molecule has 4 heteroatoms. The van der Waals surface area contributed by atoms with Gasteiger partial charge in [-0.1, -0.05) is 0 Å². The third-order valence-corrected chi connectivity index (χ3v) is 2.96. The standard InChI is InChI=1S/C13H14N2O2/c1-16-10-2-3-12-9(6-10)4-5-15-13(12)17-11-7-14-8-11/h2-6,11,14H,7-8H2,1H3. The number of hydrogen-bond acceptors (Lipinski definition) is 4. The molecule has 17 heavy (non-hydrogen) atoms. The molecular weight excluding hydrogens is 216 g/mol. The van der Waals surface area contributed by atoms with Crippen molar-refractivity contribution in [3.63, 3.8) is 0 Å². The predicted molar refractivity (Wildman–Crippen MR) is 65.6 cm³/mol. The number of nitrogens with zero attached hydrogens (tertiary/aromatic N) is 1. The van der Waals surface area contributed by atoms with Gasteiger partial charge in [-0.05, 0) is 29.7 Å². The van der Waals surface area contributed by atoms with Crippen LogP contribution in [0.15, 0.2) is 30.5 Å². The maximum absolute atomic E-state index is 5.82. The molecule has 2 aromatic rings. The Balaban J connectivity index is 1.99. The van der Waals surface area contributed by atoms with Crippen molar-refractivity contribution in [3.05, 3.63) is 30.5 Å². The van der Waals surface area contributed by atoms with Crippen LogP contribution in [0.2, 0.25) is 0 Å². The van der Waals surface area contributed by atoms with Gasteiger partial charge in [-0.2, -0.15) is 0 Å². The fourth-order valence-electron chi connectivity index (χ4n) is 1.85. The van der Waals surface area contributed by atoms with E-state index in [-0.39, 0.29) is 6.10 Å². The Labute approximate surface area is 99.6 Å². The minimum Gasteiger partial charge on any atom is -0.497 e. The Morgan fingerprint density at radius 2 is 2.18 bits per heavy atom. The molecule has 0 unspecified atom stereocenters. The first-order valence-electron chi connectivity index (χ1n) is 5.67. The van der Waals surface area contributed by atoms with Crippen molar-refractivity contribution in [3.8, 4) is 11.6 Å². The normalized spacial score (nSPS) is 15.6. The molecular formula is C13H14N2O2. The van der Waals surface area contributed by atoms with Crippen LogP contribution in [0.4, 0.5) is 0 Å². The molecule has 1 aromatic carbocycles. The fraction of sp³-hybridized carbons (Fsp3) is 0.308. The highest BCUT2D eigenvalue weighted by molar-refractivity contribution is 5.87. The van der Waals surface area contributed by atoms with E-state index in [0.717, 1.165) is 29.6 Å². The molecule has 1 saturated heterocycles. The summed E-state index contributed by atoms with van der Waals surface area (Å²) in [5, 5.41) is 5.29. The number of methoxy groups -OCH3 is 1. The molecule has 1 fully saturated rings. The van der Waals surface area contributed by atoms with Gasteiger partial charge in [0.25, 0.3) is 0 Å². The van der Waals surface area contributed by atoms with Crippen molar-refractivity contribution in [2.75, 3.05) is 20.2 Å². The predicted octanol–water partition coefficient (Wildman–Crippen LogP) is 1.59. The van der Waals surface area contributed by atoms with Crippen molar-refractivity contribution in [2.24, 2.45) is 0 Å². The van der Waals surface area contributed by atoms with Gasteiger partial charge in [0.1, 0.15) is 11.9 Å². The molecule has 0 spiro atoms. The second kappa shape index (κ2) is 4.22. The third-order valence-electron chi connectivity index (χ3n) is 2.96. The van der Waals surface area contributed by atoms with Crippen molar-refractivity contribution in [1.29, 1.82) is 0 Å². The van der Waals surface area contributed by atoms with Crippen LogP contribution < -0.4 is 14.8 Å². The van der Waals surface area contributed by atoms with E-state index in [2.05, 4.69) is 10.3 Å². The monoisotopic (exact) mass is 230 g/mol. The minimum absolute atomic E-state index is 0.246. The summed E-state index contributed by atoms with van der Waals surface area (Å²) >= 11 is 0. The SMILES string of the molecule is COc1ccc2c(OC3CNC3)nccc2c1. The number of ether oxygens (including phenoxy) is 2. The summed E-state index contributed by atoms with van der Waals surface area (Å²) in [6, 6.07) is 7.87. The van der Waals surface area contributed by atoms with Crippen LogP contribution in [0.1, 0.15) is 0 Å². The molecule has 88 valence electrons.